The number of carbonyl (C=O) groups is 2. The molecule has 0 aliphatic rings. The molecule has 3 unspecified atom stereocenters. The average Bonchev–Trinajstić information content (AvgIpc) is 2.93. The van der Waals surface area contributed by atoms with Gasteiger partial charge >= 0.3 is 11.9 Å². The Bertz CT molecular complexity index is 1100. The minimum atomic E-state index is -0.628. The lowest BCUT2D eigenvalue weighted by Crippen LogP contribution is -2.24. The highest BCUT2D eigenvalue weighted by Crippen LogP contribution is 2.31. The number of aliphatic hydroxyl groups is 1. The van der Waals surface area contributed by atoms with Gasteiger partial charge in [-0.25, -0.2) is 9.59 Å². The smallest absolute Gasteiger partial charge is 0.335 e. The SMILES string of the molecule is C=C(C)C(=O)OCC(COC(=O)C(=C)CO)CC(C)CCC(CC)c1ccc2cc(CCCCC)ccc2c1. The molecule has 5 heteroatoms. The summed E-state index contributed by atoms with van der Waals surface area (Å²) >= 11 is 0. The number of aryl methyl sites for hydroxylation is 1. The lowest BCUT2D eigenvalue weighted by molar-refractivity contribution is -0.144. The molecule has 0 spiro atoms. The molecular formula is C34H48O5. The third-order valence-electron chi connectivity index (χ3n) is 7.43. The van der Waals surface area contributed by atoms with E-state index in [-0.39, 0.29) is 24.7 Å². The van der Waals surface area contributed by atoms with Crippen LogP contribution < -0.4 is 0 Å². The van der Waals surface area contributed by atoms with Crippen LogP contribution in [0.4, 0.5) is 0 Å². The van der Waals surface area contributed by atoms with Crippen molar-refractivity contribution in [3.05, 3.63) is 71.8 Å². The van der Waals surface area contributed by atoms with Crippen molar-refractivity contribution < 1.29 is 24.2 Å². The van der Waals surface area contributed by atoms with Gasteiger partial charge < -0.3 is 14.6 Å². The minimum Gasteiger partial charge on any atom is -0.462 e. The van der Waals surface area contributed by atoms with Crippen molar-refractivity contribution in [2.45, 2.75) is 85.0 Å². The van der Waals surface area contributed by atoms with Gasteiger partial charge in [0.25, 0.3) is 0 Å². The van der Waals surface area contributed by atoms with Crippen molar-refractivity contribution in [1.29, 1.82) is 0 Å². The van der Waals surface area contributed by atoms with Gasteiger partial charge in [0.15, 0.2) is 0 Å². The van der Waals surface area contributed by atoms with Gasteiger partial charge in [-0.05, 0) is 72.8 Å². The fourth-order valence-corrected chi connectivity index (χ4v) is 4.94. The van der Waals surface area contributed by atoms with Gasteiger partial charge in [-0.1, -0.05) is 89.6 Å². The summed E-state index contributed by atoms with van der Waals surface area (Å²) in [4.78, 5) is 23.9. The third kappa shape index (κ3) is 11.0. The van der Waals surface area contributed by atoms with Crippen molar-refractivity contribution in [2.24, 2.45) is 11.8 Å². The number of hydrogen-bond donors (Lipinski definition) is 1. The van der Waals surface area contributed by atoms with E-state index in [2.05, 4.69) is 70.3 Å². The molecule has 0 amide bonds. The third-order valence-corrected chi connectivity index (χ3v) is 7.43. The Morgan fingerprint density at radius 3 is 2.23 bits per heavy atom. The summed E-state index contributed by atoms with van der Waals surface area (Å²) in [6.07, 6.45) is 8.78. The molecule has 0 radical (unpaired) electrons. The Hall–Kier alpha value is -2.92. The topological polar surface area (TPSA) is 72.8 Å². The zero-order valence-corrected chi connectivity index (χ0v) is 24.5. The highest BCUT2D eigenvalue weighted by atomic mass is 16.5. The summed E-state index contributed by atoms with van der Waals surface area (Å²) in [5, 5.41) is 11.7. The van der Waals surface area contributed by atoms with Gasteiger partial charge in [-0.15, -0.1) is 0 Å². The van der Waals surface area contributed by atoms with Crippen LogP contribution in [0, 0.1) is 11.8 Å². The Balaban J connectivity index is 1.99. The fourth-order valence-electron chi connectivity index (χ4n) is 4.94. The second kappa shape index (κ2) is 16.9. The zero-order valence-electron chi connectivity index (χ0n) is 24.5. The van der Waals surface area contributed by atoms with E-state index in [1.165, 1.54) is 41.2 Å². The molecule has 2 rings (SSSR count). The van der Waals surface area contributed by atoms with Crippen LogP contribution in [-0.2, 0) is 25.5 Å². The van der Waals surface area contributed by atoms with Gasteiger partial charge in [0.05, 0.1) is 25.4 Å². The van der Waals surface area contributed by atoms with Crippen LogP contribution >= 0.6 is 0 Å². The quantitative estimate of drug-likeness (QED) is 0.120. The highest BCUT2D eigenvalue weighted by molar-refractivity contribution is 5.88. The van der Waals surface area contributed by atoms with Crippen molar-refractivity contribution in [2.75, 3.05) is 19.8 Å². The molecule has 2 aromatic rings. The molecule has 0 fully saturated rings. The molecule has 0 saturated carbocycles. The molecule has 0 bridgehead atoms. The van der Waals surface area contributed by atoms with Crippen molar-refractivity contribution in [3.63, 3.8) is 0 Å². The molecule has 1 N–H and O–H groups in total. The summed E-state index contributed by atoms with van der Waals surface area (Å²) in [6.45, 7) is 15.2. The lowest BCUT2D eigenvalue weighted by atomic mass is 9.85. The van der Waals surface area contributed by atoms with Gasteiger partial charge in [-0.2, -0.15) is 0 Å². The molecule has 0 aliphatic heterocycles. The maximum Gasteiger partial charge on any atom is 0.335 e. The van der Waals surface area contributed by atoms with Crippen molar-refractivity contribution in [3.8, 4) is 0 Å². The number of benzene rings is 2. The second-order valence-corrected chi connectivity index (χ2v) is 11.0. The molecule has 2 aromatic carbocycles. The number of rotatable bonds is 18. The number of carbonyl (C=O) groups excluding carboxylic acids is 2. The van der Waals surface area contributed by atoms with E-state index in [9.17, 15) is 9.59 Å². The van der Waals surface area contributed by atoms with Crippen molar-refractivity contribution >= 4 is 22.7 Å². The summed E-state index contributed by atoms with van der Waals surface area (Å²) in [5.41, 5.74) is 3.13. The number of esters is 2. The monoisotopic (exact) mass is 536 g/mol. The number of fused-ring (bicyclic) bond motifs is 1. The first-order valence-electron chi connectivity index (χ1n) is 14.5. The number of aliphatic hydroxyl groups excluding tert-OH is 1. The van der Waals surface area contributed by atoms with Crippen LogP contribution in [0.1, 0.15) is 89.7 Å². The van der Waals surface area contributed by atoms with E-state index in [0.717, 1.165) is 32.1 Å². The van der Waals surface area contributed by atoms with E-state index >= 15 is 0 Å². The van der Waals surface area contributed by atoms with Gasteiger partial charge in [0.1, 0.15) is 0 Å². The molecule has 3 atom stereocenters. The van der Waals surface area contributed by atoms with E-state index in [4.69, 9.17) is 14.6 Å². The van der Waals surface area contributed by atoms with Gasteiger partial charge in [0.2, 0.25) is 0 Å². The van der Waals surface area contributed by atoms with Crippen LogP contribution in [0.15, 0.2) is 60.7 Å². The van der Waals surface area contributed by atoms with E-state index in [0.29, 0.717) is 17.4 Å². The first-order chi connectivity index (χ1) is 18.7. The summed E-state index contributed by atoms with van der Waals surface area (Å²) in [5.74, 6) is -0.415. The maximum absolute atomic E-state index is 12.0. The largest absolute Gasteiger partial charge is 0.462 e. The fraction of sp³-hybridized carbons (Fsp3) is 0.529. The minimum absolute atomic E-state index is 0.00891. The summed E-state index contributed by atoms with van der Waals surface area (Å²) in [6, 6.07) is 13.8. The average molecular weight is 537 g/mol. The molecular weight excluding hydrogens is 488 g/mol. The predicted molar refractivity (Wildman–Crippen MR) is 160 cm³/mol. The summed E-state index contributed by atoms with van der Waals surface area (Å²) < 4.78 is 10.7. The van der Waals surface area contributed by atoms with Crippen molar-refractivity contribution in [1.82, 2.24) is 0 Å². The highest BCUT2D eigenvalue weighted by Gasteiger charge is 2.20. The van der Waals surface area contributed by atoms with Crippen LogP contribution in [0.25, 0.3) is 10.8 Å². The molecule has 214 valence electrons. The Kier molecular flexibility index (Phi) is 14.0. The van der Waals surface area contributed by atoms with E-state index < -0.39 is 18.5 Å². The van der Waals surface area contributed by atoms with Crippen LogP contribution in [0.2, 0.25) is 0 Å². The molecule has 0 saturated heterocycles. The van der Waals surface area contributed by atoms with Crippen LogP contribution in [-0.4, -0.2) is 36.9 Å². The number of hydrogen-bond acceptors (Lipinski definition) is 5. The summed E-state index contributed by atoms with van der Waals surface area (Å²) in [7, 11) is 0. The molecule has 39 heavy (non-hydrogen) atoms. The first-order valence-corrected chi connectivity index (χ1v) is 14.5. The zero-order chi connectivity index (χ0) is 28.8. The normalized spacial score (nSPS) is 13.5. The standard InChI is InChI=1S/C34H48O5/c1-7-9-10-11-27-13-15-32-20-31(17-16-30(32)19-27)29(8-2)14-12-25(5)18-28(22-38-33(36)24(3)4)23-39-34(37)26(6)21-35/h13,15-17,19-20,25,28-29,35H,3,6-12,14,18,21-23H2,1-2,4-5H3. The second-order valence-electron chi connectivity index (χ2n) is 11.0. The van der Waals surface area contributed by atoms with Gasteiger partial charge in [-0.3, -0.25) is 0 Å². The Labute approximate surface area is 235 Å². The number of ether oxygens (including phenoxy) is 2. The molecule has 0 aromatic heterocycles. The van der Waals surface area contributed by atoms with Gasteiger partial charge in [0, 0.05) is 11.5 Å². The molecule has 5 nitrogen and oxygen atoms in total. The number of unbranched alkanes of at least 4 members (excludes halogenated alkanes) is 2. The van der Waals surface area contributed by atoms with Crippen LogP contribution in [0.5, 0.6) is 0 Å². The molecule has 0 aliphatic carbocycles. The Morgan fingerprint density at radius 1 is 0.923 bits per heavy atom. The van der Waals surface area contributed by atoms with Crippen LogP contribution in [0.3, 0.4) is 0 Å². The molecule has 0 heterocycles. The first kappa shape index (κ1) is 32.3. The van der Waals surface area contributed by atoms with E-state index in [1.54, 1.807) is 6.92 Å². The van der Waals surface area contributed by atoms with E-state index in [1.807, 2.05) is 0 Å². The Morgan fingerprint density at radius 2 is 1.59 bits per heavy atom. The predicted octanol–water partition coefficient (Wildman–Crippen LogP) is 7.70. The lowest BCUT2D eigenvalue weighted by Gasteiger charge is -2.23. The maximum atomic E-state index is 12.0.